The van der Waals surface area contributed by atoms with E-state index in [1.807, 2.05) is 13.8 Å². The van der Waals surface area contributed by atoms with E-state index in [-0.39, 0.29) is 23.1 Å². The van der Waals surface area contributed by atoms with Crippen LogP contribution in [0.2, 0.25) is 0 Å². The molecule has 27 heavy (non-hydrogen) atoms. The summed E-state index contributed by atoms with van der Waals surface area (Å²) in [5.41, 5.74) is -0.183. The minimum atomic E-state index is -0.410. The molecule has 1 aliphatic heterocycles. The van der Waals surface area contributed by atoms with Crippen LogP contribution in [0.4, 0.5) is 0 Å². The van der Waals surface area contributed by atoms with Crippen molar-refractivity contribution in [2.24, 2.45) is 35.0 Å². The molecule has 2 amide bonds. The van der Waals surface area contributed by atoms with E-state index in [0.717, 1.165) is 56.5 Å². The van der Waals surface area contributed by atoms with E-state index in [0.29, 0.717) is 12.5 Å². The quantitative estimate of drug-likeness (QED) is 0.640. The molecule has 5 aliphatic rings. The summed E-state index contributed by atoms with van der Waals surface area (Å²) < 4.78 is 0. The molecule has 5 nitrogen and oxygen atoms in total. The maximum atomic E-state index is 13.3. The molecule has 152 valence electrons. The fourth-order valence-electron chi connectivity index (χ4n) is 6.69. The van der Waals surface area contributed by atoms with Gasteiger partial charge < -0.3 is 16.0 Å². The van der Waals surface area contributed by atoms with Crippen molar-refractivity contribution >= 4 is 11.8 Å². The molecule has 0 aromatic rings. The van der Waals surface area contributed by atoms with Gasteiger partial charge in [0.2, 0.25) is 11.8 Å². The molecule has 0 aromatic carbocycles. The van der Waals surface area contributed by atoms with Gasteiger partial charge in [0.1, 0.15) is 6.04 Å². The molecular formula is C22H37N3O2. The minimum Gasteiger partial charge on any atom is -0.354 e. The normalized spacial score (nSPS) is 38.2. The number of hydrogen-bond donors (Lipinski definition) is 3. The van der Waals surface area contributed by atoms with Crippen LogP contribution in [0.3, 0.4) is 0 Å². The Bertz CT molecular complexity index is 533. The second-order valence-corrected chi connectivity index (χ2v) is 10.3. The third-order valence-electron chi connectivity index (χ3n) is 7.77. The Morgan fingerprint density at radius 2 is 1.70 bits per heavy atom. The molecule has 4 bridgehead atoms. The molecule has 1 saturated heterocycles. The maximum Gasteiger partial charge on any atom is 0.242 e. The van der Waals surface area contributed by atoms with Gasteiger partial charge in [-0.3, -0.25) is 9.59 Å². The lowest BCUT2D eigenvalue weighted by molar-refractivity contribution is -0.149. The molecule has 0 aromatic heterocycles. The van der Waals surface area contributed by atoms with E-state index < -0.39 is 6.04 Å². The number of amides is 2. The first-order valence-corrected chi connectivity index (χ1v) is 11.2. The molecule has 5 heteroatoms. The van der Waals surface area contributed by atoms with Crippen LogP contribution in [-0.4, -0.2) is 37.5 Å². The van der Waals surface area contributed by atoms with Crippen LogP contribution in [0.25, 0.3) is 0 Å². The molecular weight excluding hydrogens is 338 g/mol. The van der Waals surface area contributed by atoms with Gasteiger partial charge in [0.25, 0.3) is 0 Å². The number of nitrogens with one attached hydrogen (secondary N) is 3. The van der Waals surface area contributed by atoms with Gasteiger partial charge in [-0.1, -0.05) is 13.8 Å². The summed E-state index contributed by atoms with van der Waals surface area (Å²) in [5.74, 6) is 3.17. The highest BCUT2D eigenvalue weighted by atomic mass is 16.2. The zero-order chi connectivity index (χ0) is 19.0. The van der Waals surface area contributed by atoms with E-state index in [4.69, 9.17) is 0 Å². The average Bonchev–Trinajstić information content (AvgIpc) is 3.11. The molecule has 4 saturated carbocycles. The van der Waals surface area contributed by atoms with E-state index in [1.165, 1.54) is 25.7 Å². The van der Waals surface area contributed by atoms with Crippen molar-refractivity contribution in [1.29, 1.82) is 0 Å². The van der Waals surface area contributed by atoms with Crippen LogP contribution in [0.15, 0.2) is 0 Å². The fourth-order valence-corrected chi connectivity index (χ4v) is 6.69. The second-order valence-electron chi connectivity index (χ2n) is 10.3. The predicted octanol–water partition coefficient (Wildman–Crippen LogP) is 2.46. The van der Waals surface area contributed by atoms with Gasteiger partial charge in [-0.25, -0.2) is 0 Å². The van der Waals surface area contributed by atoms with Gasteiger partial charge in [0, 0.05) is 12.0 Å². The first kappa shape index (κ1) is 19.2. The van der Waals surface area contributed by atoms with Gasteiger partial charge in [-0.2, -0.15) is 0 Å². The molecule has 0 spiro atoms. The summed E-state index contributed by atoms with van der Waals surface area (Å²) in [7, 11) is 0. The van der Waals surface area contributed by atoms with Gasteiger partial charge in [-0.05, 0) is 94.0 Å². The summed E-state index contributed by atoms with van der Waals surface area (Å²) >= 11 is 0. The van der Waals surface area contributed by atoms with Crippen LogP contribution < -0.4 is 16.0 Å². The van der Waals surface area contributed by atoms with Gasteiger partial charge in [-0.15, -0.1) is 0 Å². The number of rotatable bonds is 7. The van der Waals surface area contributed by atoms with Crippen LogP contribution >= 0.6 is 0 Å². The number of carbonyl (C=O) groups is 2. The standard InChI is InChI=1S/C22H37N3O2/c1-14(2)19(20(26)24-6-4-15-3-5-23-13-15)25-21(27)22-10-16-7-17(11-22)9-18(8-16)12-22/h14-19,23H,3-13H2,1-2H3,(H,24,26)(H,25,27). The van der Waals surface area contributed by atoms with Gasteiger partial charge >= 0.3 is 0 Å². The van der Waals surface area contributed by atoms with Crippen LogP contribution in [0, 0.1) is 35.0 Å². The number of hydrogen-bond acceptors (Lipinski definition) is 3. The zero-order valence-corrected chi connectivity index (χ0v) is 17.1. The zero-order valence-electron chi connectivity index (χ0n) is 17.1. The SMILES string of the molecule is CC(C)C(NC(=O)C12CC3CC(CC(C3)C1)C2)C(=O)NCCC1CCNC1. The Hall–Kier alpha value is -1.10. The minimum absolute atomic E-state index is 0.00552. The maximum absolute atomic E-state index is 13.3. The van der Waals surface area contributed by atoms with Gasteiger partial charge in [0.05, 0.1) is 0 Å². The van der Waals surface area contributed by atoms with Gasteiger partial charge in [0.15, 0.2) is 0 Å². The lowest BCUT2D eigenvalue weighted by Gasteiger charge is -2.55. The highest BCUT2D eigenvalue weighted by Crippen LogP contribution is 2.60. The second kappa shape index (κ2) is 7.73. The third kappa shape index (κ3) is 4.03. The van der Waals surface area contributed by atoms with Crippen molar-refractivity contribution in [1.82, 2.24) is 16.0 Å². The Morgan fingerprint density at radius 1 is 1.07 bits per heavy atom. The monoisotopic (exact) mass is 375 g/mol. The van der Waals surface area contributed by atoms with E-state index in [2.05, 4.69) is 16.0 Å². The van der Waals surface area contributed by atoms with Crippen molar-refractivity contribution in [3.05, 3.63) is 0 Å². The Balaban J connectivity index is 1.33. The van der Waals surface area contributed by atoms with E-state index in [1.54, 1.807) is 0 Å². The van der Waals surface area contributed by atoms with E-state index in [9.17, 15) is 9.59 Å². The molecule has 5 fully saturated rings. The molecule has 1 heterocycles. The largest absolute Gasteiger partial charge is 0.354 e. The highest BCUT2D eigenvalue weighted by molar-refractivity contribution is 5.90. The smallest absolute Gasteiger partial charge is 0.242 e. The van der Waals surface area contributed by atoms with Crippen molar-refractivity contribution in [3.8, 4) is 0 Å². The van der Waals surface area contributed by atoms with E-state index >= 15 is 0 Å². The van der Waals surface area contributed by atoms with Crippen LogP contribution in [0.5, 0.6) is 0 Å². The topological polar surface area (TPSA) is 70.2 Å². The lowest BCUT2D eigenvalue weighted by Crippen LogP contribution is -2.58. The molecule has 2 unspecified atom stereocenters. The molecule has 0 radical (unpaired) electrons. The summed E-state index contributed by atoms with van der Waals surface area (Å²) in [6, 6.07) is -0.410. The summed E-state index contributed by atoms with van der Waals surface area (Å²) in [6.45, 7) is 6.93. The Kier molecular flexibility index (Phi) is 5.50. The molecule has 4 aliphatic carbocycles. The third-order valence-corrected chi connectivity index (χ3v) is 7.77. The fraction of sp³-hybridized carbons (Fsp3) is 0.909. The molecule has 2 atom stereocenters. The van der Waals surface area contributed by atoms with Crippen molar-refractivity contribution < 1.29 is 9.59 Å². The summed E-state index contributed by atoms with van der Waals surface area (Å²) in [6.07, 6.45) is 9.35. The summed E-state index contributed by atoms with van der Waals surface area (Å²) in [4.78, 5) is 26.1. The van der Waals surface area contributed by atoms with Crippen molar-refractivity contribution in [2.75, 3.05) is 19.6 Å². The van der Waals surface area contributed by atoms with Crippen LogP contribution in [0.1, 0.15) is 65.2 Å². The molecule has 5 rings (SSSR count). The summed E-state index contributed by atoms with van der Waals surface area (Å²) in [5, 5.41) is 9.65. The Labute approximate surface area is 163 Å². The van der Waals surface area contributed by atoms with Crippen molar-refractivity contribution in [3.63, 3.8) is 0 Å². The molecule has 3 N–H and O–H groups in total. The Morgan fingerprint density at radius 3 is 2.22 bits per heavy atom. The highest BCUT2D eigenvalue weighted by Gasteiger charge is 2.55. The predicted molar refractivity (Wildman–Crippen MR) is 106 cm³/mol. The first-order valence-electron chi connectivity index (χ1n) is 11.2. The number of carbonyl (C=O) groups excluding carboxylic acids is 2. The average molecular weight is 376 g/mol. The lowest BCUT2D eigenvalue weighted by atomic mass is 9.49. The first-order chi connectivity index (χ1) is 12.9. The van der Waals surface area contributed by atoms with Crippen LogP contribution in [-0.2, 0) is 9.59 Å². The van der Waals surface area contributed by atoms with Crippen molar-refractivity contribution in [2.45, 2.75) is 71.3 Å².